The number of halogens is 1. The number of anilines is 1. The van der Waals surface area contributed by atoms with E-state index in [0.29, 0.717) is 71.0 Å². The highest BCUT2D eigenvalue weighted by Gasteiger charge is 2.31. The molecule has 0 spiro atoms. The average Bonchev–Trinajstić information content (AvgIpc) is 3.60. The maximum absolute atomic E-state index is 13.5. The molecule has 1 aliphatic heterocycles. The number of piperazine rings is 1. The molecule has 0 bridgehead atoms. The van der Waals surface area contributed by atoms with Gasteiger partial charge < -0.3 is 14.6 Å². The predicted molar refractivity (Wildman–Crippen MR) is 151 cm³/mol. The Morgan fingerprint density at radius 1 is 1.02 bits per heavy atom. The van der Waals surface area contributed by atoms with Crippen LogP contribution in [0.3, 0.4) is 0 Å². The number of nitrogens with one attached hydrogen (secondary N) is 1. The molecule has 208 valence electrons. The van der Waals surface area contributed by atoms with Crippen molar-refractivity contribution in [2.24, 2.45) is 7.05 Å². The van der Waals surface area contributed by atoms with Gasteiger partial charge in [0.05, 0.1) is 13.1 Å². The molecule has 4 heterocycles. The van der Waals surface area contributed by atoms with Crippen LogP contribution in [0.2, 0.25) is 5.02 Å². The second-order valence-electron chi connectivity index (χ2n) is 9.73. The monoisotopic (exact) mass is 571 g/mol. The molecule has 1 N–H and O–H groups in total. The minimum absolute atomic E-state index is 0.169. The number of rotatable bonds is 6. The fourth-order valence-corrected chi connectivity index (χ4v) is 5.06. The molecule has 12 nitrogen and oxygen atoms in total. The summed E-state index contributed by atoms with van der Waals surface area (Å²) in [6.07, 6.45) is 1.58. The molecule has 1 fully saturated rings. The molecular weight excluding hydrogens is 546 g/mol. The minimum atomic E-state index is -0.218. The zero-order chi connectivity index (χ0) is 28.5. The summed E-state index contributed by atoms with van der Waals surface area (Å²) in [6, 6.07) is 16.1. The summed E-state index contributed by atoms with van der Waals surface area (Å²) < 4.78 is 5.92. The van der Waals surface area contributed by atoms with Crippen molar-refractivity contribution in [3.63, 3.8) is 0 Å². The lowest BCUT2D eigenvalue weighted by Gasteiger charge is -2.38. The third-order valence-electron chi connectivity index (χ3n) is 6.85. The molecule has 0 radical (unpaired) electrons. The first-order chi connectivity index (χ1) is 19.8. The molecule has 1 unspecified atom stereocenters. The van der Waals surface area contributed by atoms with Gasteiger partial charge in [-0.1, -0.05) is 23.7 Å². The normalized spacial score (nSPS) is 14.8. The number of benzene rings is 2. The molecule has 6 rings (SSSR count). The van der Waals surface area contributed by atoms with Gasteiger partial charge >= 0.3 is 0 Å². The van der Waals surface area contributed by atoms with Crippen LogP contribution in [0.25, 0.3) is 22.6 Å². The Hall–Kier alpha value is -4.68. The van der Waals surface area contributed by atoms with Gasteiger partial charge in [-0.05, 0) is 53.2 Å². The molecule has 5 aromatic rings. The number of hydrogen-bond donors (Lipinski definition) is 1. The average molecular weight is 572 g/mol. The maximum Gasteiger partial charge on any atom is 0.272 e. The van der Waals surface area contributed by atoms with Crippen LogP contribution in [-0.4, -0.2) is 78.0 Å². The number of oxazole rings is 1. The standard InChI is InChI=1S/C28H26ClN9O3/c1-17(39)31-21-7-8-24-22(16-21)32-27(41-24)19-9-10-30-23(15-19)28(40)38-13-11-37(12-14-38)25(26-33-35-36(2)34-26)18-3-5-20(29)6-4-18/h3-10,15-16,25H,11-14H2,1-2H3,(H,31,39). The van der Waals surface area contributed by atoms with Crippen molar-refractivity contribution in [2.75, 3.05) is 31.5 Å². The van der Waals surface area contributed by atoms with Gasteiger partial charge in [-0.25, -0.2) is 4.98 Å². The maximum atomic E-state index is 13.5. The topological polar surface area (TPSA) is 135 Å². The second-order valence-corrected chi connectivity index (χ2v) is 10.2. The minimum Gasteiger partial charge on any atom is -0.436 e. The molecule has 3 aromatic heterocycles. The van der Waals surface area contributed by atoms with Crippen molar-refractivity contribution in [3.8, 4) is 11.5 Å². The van der Waals surface area contributed by atoms with Crippen molar-refractivity contribution in [1.29, 1.82) is 0 Å². The van der Waals surface area contributed by atoms with Gasteiger partial charge in [-0.15, -0.1) is 10.2 Å². The Balaban J connectivity index is 1.18. The smallest absolute Gasteiger partial charge is 0.272 e. The molecule has 0 aliphatic carbocycles. The number of aryl methyl sites for hydroxylation is 1. The summed E-state index contributed by atoms with van der Waals surface area (Å²) in [5.41, 5.74) is 3.74. The summed E-state index contributed by atoms with van der Waals surface area (Å²) in [5.74, 6) is 0.614. The molecule has 13 heteroatoms. The largest absolute Gasteiger partial charge is 0.436 e. The van der Waals surface area contributed by atoms with E-state index in [0.717, 1.165) is 5.56 Å². The fraction of sp³-hybridized carbons (Fsp3) is 0.250. The van der Waals surface area contributed by atoms with Gasteiger partial charge in [-0.3, -0.25) is 19.5 Å². The number of carbonyl (C=O) groups is 2. The first-order valence-corrected chi connectivity index (χ1v) is 13.4. The van der Waals surface area contributed by atoms with E-state index in [1.807, 2.05) is 24.3 Å². The highest BCUT2D eigenvalue weighted by atomic mass is 35.5. The van der Waals surface area contributed by atoms with Crippen molar-refractivity contribution in [2.45, 2.75) is 13.0 Å². The van der Waals surface area contributed by atoms with Crippen molar-refractivity contribution >= 4 is 40.2 Å². The number of fused-ring (bicyclic) bond motifs is 1. The van der Waals surface area contributed by atoms with Gasteiger partial charge in [0.2, 0.25) is 11.8 Å². The molecular formula is C28H26ClN9O3. The summed E-state index contributed by atoms with van der Waals surface area (Å²) in [5, 5.41) is 16.1. The van der Waals surface area contributed by atoms with E-state index in [4.69, 9.17) is 16.0 Å². The Kier molecular flexibility index (Phi) is 7.16. The fourth-order valence-electron chi connectivity index (χ4n) is 4.93. The Morgan fingerprint density at radius 3 is 2.51 bits per heavy atom. The highest BCUT2D eigenvalue weighted by Crippen LogP contribution is 2.29. The quantitative estimate of drug-likeness (QED) is 0.324. The van der Waals surface area contributed by atoms with Crippen LogP contribution >= 0.6 is 11.6 Å². The first kappa shape index (κ1) is 26.5. The van der Waals surface area contributed by atoms with Crippen LogP contribution in [0.4, 0.5) is 5.69 Å². The lowest BCUT2D eigenvalue weighted by Crippen LogP contribution is -2.50. The number of nitrogens with zero attached hydrogens (tertiary/aromatic N) is 8. The van der Waals surface area contributed by atoms with Crippen molar-refractivity contribution in [3.05, 3.63) is 82.9 Å². The van der Waals surface area contributed by atoms with E-state index in [1.165, 1.54) is 11.7 Å². The molecule has 2 amide bonds. The van der Waals surface area contributed by atoms with E-state index in [-0.39, 0.29) is 17.9 Å². The number of carbonyl (C=O) groups excluding carboxylic acids is 2. The van der Waals surface area contributed by atoms with Gasteiger partial charge in [0.25, 0.3) is 5.91 Å². The van der Waals surface area contributed by atoms with Crippen LogP contribution in [0, 0.1) is 0 Å². The lowest BCUT2D eigenvalue weighted by molar-refractivity contribution is -0.114. The molecule has 0 saturated carbocycles. The zero-order valence-electron chi connectivity index (χ0n) is 22.4. The number of tetrazole rings is 1. The number of pyridine rings is 1. The van der Waals surface area contributed by atoms with Crippen LogP contribution < -0.4 is 5.32 Å². The molecule has 41 heavy (non-hydrogen) atoms. The number of hydrogen-bond acceptors (Lipinski definition) is 9. The third kappa shape index (κ3) is 5.65. The lowest BCUT2D eigenvalue weighted by atomic mass is 10.0. The SMILES string of the molecule is CC(=O)Nc1ccc2oc(-c3ccnc(C(=O)N4CCN(C(c5ccc(Cl)cc5)c5nnn(C)n5)CC4)c3)nc2c1. The molecule has 1 aliphatic rings. The van der Waals surface area contributed by atoms with E-state index >= 15 is 0 Å². The molecule has 1 saturated heterocycles. The van der Waals surface area contributed by atoms with E-state index in [1.54, 1.807) is 48.5 Å². The van der Waals surface area contributed by atoms with Crippen molar-refractivity contribution in [1.82, 2.24) is 40.0 Å². The summed E-state index contributed by atoms with van der Waals surface area (Å²) >= 11 is 6.12. The van der Waals surface area contributed by atoms with Gasteiger partial charge in [-0.2, -0.15) is 4.80 Å². The Labute approximate surface area is 239 Å². The summed E-state index contributed by atoms with van der Waals surface area (Å²) in [6.45, 7) is 3.67. The van der Waals surface area contributed by atoms with Crippen LogP contribution in [0.1, 0.15) is 34.8 Å². The number of amides is 2. The highest BCUT2D eigenvalue weighted by molar-refractivity contribution is 6.30. The van der Waals surface area contributed by atoms with E-state index < -0.39 is 0 Å². The summed E-state index contributed by atoms with van der Waals surface area (Å²) in [7, 11) is 1.73. The van der Waals surface area contributed by atoms with E-state index in [2.05, 4.69) is 35.6 Å². The zero-order valence-corrected chi connectivity index (χ0v) is 23.1. The first-order valence-electron chi connectivity index (χ1n) is 13.0. The second kappa shape index (κ2) is 11.1. The summed E-state index contributed by atoms with van der Waals surface area (Å²) in [4.78, 5) is 39.2. The van der Waals surface area contributed by atoms with Crippen LogP contribution in [0.5, 0.6) is 0 Å². The van der Waals surface area contributed by atoms with Crippen LogP contribution in [-0.2, 0) is 11.8 Å². The third-order valence-corrected chi connectivity index (χ3v) is 7.11. The molecule has 2 aromatic carbocycles. The Bertz CT molecular complexity index is 1730. The van der Waals surface area contributed by atoms with Gasteiger partial charge in [0, 0.05) is 55.6 Å². The Morgan fingerprint density at radius 2 is 1.80 bits per heavy atom. The van der Waals surface area contributed by atoms with Gasteiger partial charge in [0.1, 0.15) is 11.2 Å². The van der Waals surface area contributed by atoms with Crippen molar-refractivity contribution < 1.29 is 14.0 Å². The van der Waals surface area contributed by atoms with E-state index in [9.17, 15) is 9.59 Å². The van der Waals surface area contributed by atoms with Crippen LogP contribution in [0.15, 0.2) is 65.2 Å². The predicted octanol–water partition coefficient (Wildman–Crippen LogP) is 3.57. The van der Waals surface area contributed by atoms with Gasteiger partial charge in [0.15, 0.2) is 11.4 Å². The number of aromatic nitrogens is 6. The molecule has 1 atom stereocenters.